The summed E-state index contributed by atoms with van der Waals surface area (Å²) in [5.41, 5.74) is 22.2. The topological polar surface area (TPSA) is 51.8 Å². The number of furan rings is 1. The second-order valence-corrected chi connectivity index (χ2v) is 16.6. The van der Waals surface area contributed by atoms with Crippen molar-refractivity contribution in [1.29, 1.82) is 0 Å². The minimum atomic E-state index is -0.625. The molecule has 0 N–H and O–H groups in total. The maximum Gasteiger partial charge on any atom is 0.185 e. The van der Waals surface area contributed by atoms with Gasteiger partial charge in [-0.2, -0.15) is 0 Å². The molecule has 0 unspecified atom stereocenters. The standard InChI is InChI=1S/C52H34B5N3O/c53-44-43(45(54)47(56)48(57)46(44)55)51-59-49(58-50(60-51)35-18-11-23-41-42(35)34-17-6-10-22-40(34)61-41)27-24-25-33-29-13-2-1-12-28(29)30-14-3-7-19-36(30)52(39(33)26-27)37-20-8-4-15-31(37)32-16-5-9-21-38(32)52/h1-9,11-21,23-26H,53-57H2. The Hall–Kier alpha value is -7.29. The number of benzene rings is 7. The zero-order valence-electron chi connectivity index (χ0n) is 34.6. The van der Waals surface area contributed by atoms with Crippen molar-refractivity contribution in [2.75, 3.05) is 0 Å². The average Bonchev–Trinajstić information content (AvgIpc) is 3.81. The Morgan fingerprint density at radius 3 is 1.59 bits per heavy atom. The molecule has 61 heavy (non-hydrogen) atoms. The lowest BCUT2D eigenvalue weighted by atomic mass is 9.60. The number of rotatable bonds is 3. The van der Waals surface area contributed by atoms with Crippen LogP contribution in [0.2, 0.25) is 0 Å². The summed E-state index contributed by atoms with van der Waals surface area (Å²) < 4.78 is 6.31. The fourth-order valence-electron chi connectivity index (χ4n) is 10.6. The Labute approximate surface area is 359 Å². The van der Waals surface area contributed by atoms with E-state index in [1.165, 1.54) is 82.9 Å². The van der Waals surface area contributed by atoms with Crippen LogP contribution in [0.4, 0.5) is 0 Å². The van der Waals surface area contributed by atoms with Crippen LogP contribution >= 0.6 is 0 Å². The molecule has 2 aliphatic rings. The second-order valence-electron chi connectivity index (χ2n) is 16.6. The van der Waals surface area contributed by atoms with E-state index in [0.717, 1.165) is 33.0 Å². The van der Waals surface area contributed by atoms with Crippen molar-refractivity contribution in [2.24, 2.45) is 0 Å². The molecule has 0 saturated carbocycles. The van der Waals surface area contributed by atoms with Gasteiger partial charge in [0.2, 0.25) is 0 Å². The molecule has 0 saturated heterocycles. The van der Waals surface area contributed by atoms with Gasteiger partial charge in [0, 0.05) is 27.5 Å². The Balaban J connectivity index is 1.20. The van der Waals surface area contributed by atoms with E-state index in [0.29, 0.717) is 23.1 Å². The zero-order chi connectivity index (χ0) is 41.1. The smallest absolute Gasteiger partial charge is 0.185 e. The second kappa shape index (κ2) is 13.1. The molecule has 0 amide bonds. The van der Waals surface area contributed by atoms with Gasteiger partial charge in [-0.25, -0.2) is 15.0 Å². The van der Waals surface area contributed by atoms with Crippen LogP contribution < -0.4 is 27.3 Å². The van der Waals surface area contributed by atoms with Crippen LogP contribution in [0, 0.1) is 12.1 Å². The van der Waals surface area contributed by atoms with Gasteiger partial charge in [0.15, 0.2) is 23.1 Å². The Morgan fingerprint density at radius 2 is 0.951 bits per heavy atom. The third kappa shape index (κ3) is 4.88. The molecule has 12 rings (SSSR count). The molecular formula is C52H34B5N3O. The summed E-state index contributed by atoms with van der Waals surface area (Å²) >= 11 is 0. The van der Waals surface area contributed by atoms with Crippen LogP contribution in [-0.4, -0.2) is 54.2 Å². The van der Waals surface area contributed by atoms with Crippen LogP contribution in [0.3, 0.4) is 0 Å². The first kappa shape index (κ1) is 35.6. The number of aromatic nitrogens is 3. The van der Waals surface area contributed by atoms with E-state index in [4.69, 9.17) is 19.4 Å². The molecule has 1 spiro atoms. The predicted octanol–water partition coefficient (Wildman–Crippen LogP) is 3.67. The summed E-state index contributed by atoms with van der Waals surface area (Å²) in [6.45, 7) is 0. The monoisotopic (exact) mass is 771 g/mol. The van der Waals surface area contributed by atoms with Crippen molar-refractivity contribution < 1.29 is 4.42 Å². The third-order valence-electron chi connectivity index (χ3n) is 13.8. The van der Waals surface area contributed by atoms with Crippen molar-refractivity contribution in [3.63, 3.8) is 0 Å². The molecule has 9 heteroatoms. The van der Waals surface area contributed by atoms with Crippen LogP contribution in [0.1, 0.15) is 22.3 Å². The molecule has 0 radical (unpaired) electrons. The molecule has 10 aromatic rings. The molecule has 0 aliphatic heterocycles. The highest BCUT2D eigenvalue weighted by molar-refractivity contribution is 6.68. The van der Waals surface area contributed by atoms with Crippen molar-refractivity contribution in [1.82, 2.24) is 15.0 Å². The van der Waals surface area contributed by atoms with Crippen LogP contribution in [-0.2, 0) is 5.41 Å². The molecule has 0 bridgehead atoms. The van der Waals surface area contributed by atoms with Gasteiger partial charge in [-0.1, -0.05) is 138 Å². The first-order chi connectivity index (χ1) is 29.8. The summed E-state index contributed by atoms with van der Waals surface area (Å²) in [4.78, 5) is 16.3. The lowest BCUT2D eigenvalue weighted by Crippen LogP contribution is -2.55. The van der Waals surface area contributed by atoms with Gasteiger partial charge in [-0.15, -0.1) is 16.4 Å². The zero-order valence-corrected chi connectivity index (χ0v) is 34.6. The van der Waals surface area contributed by atoms with E-state index in [1.54, 1.807) is 0 Å². The number of hydrogen-bond acceptors (Lipinski definition) is 4. The normalized spacial score (nSPS) is 12.9. The van der Waals surface area contributed by atoms with Gasteiger partial charge in [-0.3, -0.25) is 0 Å². The molecule has 0 fully saturated rings. The van der Waals surface area contributed by atoms with Crippen molar-refractivity contribution in [3.05, 3.63) is 180 Å². The van der Waals surface area contributed by atoms with E-state index in [9.17, 15) is 0 Å². The summed E-state index contributed by atoms with van der Waals surface area (Å²) in [6.07, 6.45) is 0. The Kier molecular flexibility index (Phi) is 7.66. The van der Waals surface area contributed by atoms with Gasteiger partial charge in [0.25, 0.3) is 0 Å². The number of nitrogens with zero attached hydrogens (tertiary/aromatic N) is 3. The summed E-state index contributed by atoms with van der Waals surface area (Å²) in [6, 6.07) is 58.9. The van der Waals surface area contributed by atoms with Gasteiger partial charge in [0.05, 0.1) is 5.41 Å². The highest BCUT2D eigenvalue weighted by atomic mass is 16.3. The van der Waals surface area contributed by atoms with E-state index in [1.807, 2.05) is 24.3 Å². The number of hydrogen-bond donors (Lipinski definition) is 0. The lowest BCUT2D eigenvalue weighted by Gasteiger charge is -2.35. The maximum absolute atomic E-state index is 6.31. The first-order valence-electron chi connectivity index (χ1n) is 21.0. The van der Waals surface area contributed by atoms with Gasteiger partial charge in [-0.05, 0) is 86.0 Å². The lowest BCUT2D eigenvalue weighted by molar-refractivity contribution is 0.669. The quantitative estimate of drug-likeness (QED) is 0.258. The minimum Gasteiger partial charge on any atom is -0.447 e. The van der Waals surface area contributed by atoms with Gasteiger partial charge < -0.3 is 4.42 Å². The van der Waals surface area contributed by atoms with E-state index >= 15 is 0 Å². The molecule has 0 atom stereocenters. The SMILES string of the molecule is Bc1c(B)c(B)c(-c2nc(-c3ccc4c(c3)C3(c5ccccc5-c5ccccc5-4)c4ccccc4-c4ccccc43)nc(-c3cccc4oc5c#cccc5c34)n2)c(B)c1B. The molecule has 2 heterocycles. The molecule has 2 aromatic heterocycles. The Bertz CT molecular complexity index is 3450. The average molecular weight is 771 g/mol. The first-order valence-corrected chi connectivity index (χ1v) is 21.0. The molecule has 4 nitrogen and oxygen atoms in total. The van der Waals surface area contributed by atoms with E-state index in [2.05, 4.69) is 173 Å². The third-order valence-corrected chi connectivity index (χ3v) is 13.8. The van der Waals surface area contributed by atoms with Crippen molar-refractivity contribution in [3.8, 4) is 67.5 Å². The molecule has 8 aromatic carbocycles. The van der Waals surface area contributed by atoms with Gasteiger partial charge >= 0.3 is 0 Å². The molecule has 2 aliphatic carbocycles. The van der Waals surface area contributed by atoms with Crippen molar-refractivity contribution >= 4 is 88.5 Å². The van der Waals surface area contributed by atoms with E-state index in [-0.39, 0.29) is 0 Å². The summed E-state index contributed by atoms with van der Waals surface area (Å²) in [7, 11) is 11.0. The van der Waals surface area contributed by atoms with Crippen LogP contribution in [0.15, 0.2) is 150 Å². The Morgan fingerprint density at radius 1 is 0.443 bits per heavy atom. The fraction of sp³-hybridized carbons (Fsp3) is 0.0192. The van der Waals surface area contributed by atoms with E-state index < -0.39 is 5.41 Å². The van der Waals surface area contributed by atoms with Crippen LogP contribution in [0.5, 0.6) is 0 Å². The van der Waals surface area contributed by atoms with Crippen molar-refractivity contribution in [2.45, 2.75) is 5.41 Å². The van der Waals surface area contributed by atoms with Crippen LogP contribution in [0.25, 0.3) is 89.5 Å². The highest BCUT2D eigenvalue weighted by Gasteiger charge is 2.49. The molecular weight excluding hydrogens is 737 g/mol. The largest absolute Gasteiger partial charge is 0.447 e. The summed E-state index contributed by atoms with van der Waals surface area (Å²) in [5, 5.41) is 1.90. The maximum atomic E-state index is 6.31. The molecule has 278 valence electrons. The number of fused-ring (bicyclic) bond motifs is 15. The minimum absolute atomic E-state index is 0.590. The van der Waals surface area contributed by atoms with Gasteiger partial charge in [0.1, 0.15) is 44.8 Å². The predicted molar refractivity (Wildman–Crippen MR) is 264 cm³/mol. The fourth-order valence-corrected chi connectivity index (χ4v) is 10.6. The summed E-state index contributed by atoms with van der Waals surface area (Å²) in [5.74, 6) is 1.86. The highest BCUT2D eigenvalue weighted by Crippen LogP contribution is 2.61.